The first-order valence-corrected chi connectivity index (χ1v) is 8.07. The summed E-state index contributed by atoms with van der Waals surface area (Å²) in [6.45, 7) is 0. The van der Waals surface area contributed by atoms with Crippen LogP contribution in [-0.2, 0) is 0 Å². The van der Waals surface area contributed by atoms with Crippen LogP contribution in [0.5, 0.6) is 0 Å². The second-order valence-corrected chi connectivity index (χ2v) is 6.25. The van der Waals surface area contributed by atoms with Gasteiger partial charge in [0.1, 0.15) is 11.9 Å². The molecule has 0 bridgehead atoms. The minimum atomic E-state index is -0.670. The molecule has 0 unspecified atom stereocenters. The summed E-state index contributed by atoms with van der Waals surface area (Å²) in [5.74, 6) is -1.27. The van der Waals surface area contributed by atoms with Gasteiger partial charge < -0.3 is 0 Å². The number of rotatable bonds is 2. The Bertz CT molecular complexity index is 996. The highest BCUT2D eigenvalue weighted by Gasteiger charge is 2.22. The molecule has 0 saturated carbocycles. The van der Waals surface area contributed by atoms with Crippen molar-refractivity contribution < 1.29 is 8.78 Å². The van der Waals surface area contributed by atoms with E-state index in [4.69, 9.17) is 23.2 Å². The summed E-state index contributed by atoms with van der Waals surface area (Å²) in [5.41, 5.74) is 0.811. The van der Waals surface area contributed by atoms with Gasteiger partial charge in [-0.05, 0) is 46.3 Å². The number of hydrogen-bond acceptors (Lipinski definition) is 2. The molecule has 0 atom stereocenters. The lowest BCUT2D eigenvalue weighted by molar-refractivity contribution is 0.617. The Hall–Kier alpha value is -1.94. The van der Waals surface area contributed by atoms with E-state index in [0.29, 0.717) is 5.56 Å². The number of halogens is 5. The van der Waals surface area contributed by atoms with Crippen LogP contribution >= 0.6 is 39.1 Å². The van der Waals surface area contributed by atoms with Crippen LogP contribution in [0.15, 0.2) is 41.1 Å². The fourth-order valence-corrected chi connectivity index (χ4v) is 3.16. The van der Waals surface area contributed by atoms with Crippen molar-refractivity contribution in [3.05, 3.63) is 68.5 Å². The van der Waals surface area contributed by atoms with Crippen LogP contribution in [0.2, 0.25) is 10.0 Å². The smallest absolute Gasteiger partial charge is 0.183 e. The second kappa shape index (κ2) is 6.52. The molecule has 0 amide bonds. The Balaban J connectivity index is 2.36. The van der Waals surface area contributed by atoms with Gasteiger partial charge in [0.15, 0.2) is 16.2 Å². The summed E-state index contributed by atoms with van der Waals surface area (Å²) < 4.78 is 29.5. The van der Waals surface area contributed by atoms with Gasteiger partial charge >= 0.3 is 0 Å². The van der Waals surface area contributed by atoms with Gasteiger partial charge in [-0.1, -0.05) is 29.3 Å². The summed E-state index contributed by atoms with van der Waals surface area (Å²) in [6.07, 6.45) is 0. The summed E-state index contributed by atoms with van der Waals surface area (Å²) in [7, 11) is 0. The van der Waals surface area contributed by atoms with E-state index in [1.165, 1.54) is 34.9 Å². The zero-order valence-electron chi connectivity index (χ0n) is 11.7. The van der Waals surface area contributed by atoms with Crippen LogP contribution in [0, 0.1) is 23.0 Å². The van der Waals surface area contributed by atoms with E-state index in [-0.39, 0.29) is 31.9 Å². The van der Waals surface area contributed by atoms with Gasteiger partial charge in [-0.2, -0.15) is 5.26 Å². The van der Waals surface area contributed by atoms with E-state index in [2.05, 4.69) is 20.9 Å². The lowest BCUT2D eigenvalue weighted by atomic mass is 10.1. The molecule has 1 aromatic heterocycles. The van der Waals surface area contributed by atoms with Crippen LogP contribution in [0.25, 0.3) is 16.9 Å². The zero-order chi connectivity index (χ0) is 17.4. The first-order chi connectivity index (χ1) is 11.4. The predicted molar refractivity (Wildman–Crippen MR) is 91.4 cm³/mol. The van der Waals surface area contributed by atoms with E-state index in [1.807, 2.05) is 6.07 Å². The molecule has 0 aliphatic heterocycles. The van der Waals surface area contributed by atoms with Crippen molar-refractivity contribution in [2.24, 2.45) is 0 Å². The second-order valence-electron chi connectivity index (χ2n) is 4.73. The lowest BCUT2D eigenvalue weighted by Crippen LogP contribution is -2.02. The highest BCUT2D eigenvalue weighted by molar-refractivity contribution is 9.10. The molecule has 3 nitrogen and oxygen atoms in total. The Morgan fingerprint density at radius 2 is 1.88 bits per heavy atom. The Morgan fingerprint density at radius 1 is 1.12 bits per heavy atom. The van der Waals surface area contributed by atoms with E-state index in [9.17, 15) is 14.0 Å². The molecule has 0 N–H and O–H groups in total. The van der Waals surface area contributed by atoms with Gasteiger partial charge in [-0.3, -0.25) is 4.57 Å². The molecule has 24 heavy (non-hydrogen) atoms. The van der Waals surface area contributed by atoms with E-state index < -0.39 is 11.6 Å². The van der Waals surface area contributed by atoms with Gasteiger partial charge in [0, 0.05) is 5.56 Å². The molecule has 2 aromatic carbocycles. The maximum atomic E-state index is 14.4. The van der Waals surface area contributed by atoms with Crippen molar-refractivity contribution in [1.82, 2.24) is 9.55 Å². The minimum Gasteiger partial charge on any atom is -0.283 e. The maximum absolute atomic E-state index is 14.4. The molecule has 0 fully saturated rings. The van der Waals surface area contributed by atoms with E-state index in [0.717, 1.165) is 0 Å². The van der Waals surface area contributed by atoms with Crippen LogP contribution in [-0.4, -0.2) is 9.55 Å². The average molecular weight is 429 g/mol. The first kappa shape index (κ1) is 16.9. The molecular formula is C16H6BrCl2F2N3. The molecule has 0 radical (unpaired) electrons. The third-order valence-electron chi connectivity index (χ3n) is 3.31. The van der Waals surface area contributed by atoms with Gasteiger partial charge in [0.2, 0.25) is 0 Å². The van der Waals surface area contributed by atoms with Crippen LogP contribution in [0.4, 0.5) is 8.78 Å². The number of hydrogen-bond donors (Lipinski definition) is 0. The van der Waals surface area contributed by atoms with E-state index in [1.54, 1.807) is 6.07 Å². The molecule has 1 heterocycles. The number of nitrogens with zero attached hydrogens (tertiary/aromatic N) is 3. The molecular weight excluding hydrogens is 423 g/mol. The van der Waals surface area contributed by atoms with Crippen molar-refractivity contribution >= 4 is 39.1 Å². The summed E-state index contributed by atoms with van der Waals surface area (Å²) in [6, 6.07) is 10.4. The highest BCUT2D eigenvalue weighted by atomic mass is 79.9. The van der Waals surface area contributed by atoms with Crippen molar-refractivity contribution in [2.45, 2.75) is 0 Å². The van der Waals surface area contributed by atoms with Crippen molar-refractivity contribution in [2.75, 3.05) is 0 Å². The molecule has 0 aliphatic carbocycles. The quantitative estimate of drug-likeness (QED) is 0.520. The largest absolute Gasteiger partial charge is 0.283 e. The van der Waals surface area contributed by atoms with Crippen molar-refractivity contribution in [3.63, 3.8) is 0 Å². The van der Waals surface area contributed by atoms with Gasteiger partial charge in [0.05, 0.1) is 21.4 Å². The number of benzene rings is 2. The van der Waals surface area contributed by atoms with E-state index >= 15 is 0 Å². The molecule has 120 valence electrons. The normalized spacial score (nSPS) is 10.7. The van der Waals surface area contributed by atoms with Gasteiger partial charge in [0.25, 0.3) is 0 Å². The fraction of sp³-hybridized carbons (Fsp3) is 0. The average Bonchev–Trinajstić information content (AvgIpc) is 2.89. The number of nitriles is 1. The lowest BCUT2D eigenvalue weighted by Gasteiger charge is -2.12. The Kier molecular flexibility index (Phi) is 4.59. The molecule has 0 spiro atoms. The highest BCUT2D eigenvalue weighted by Crippen LogP contribution is 2.34. The molecule has 3 rings (SSSR count). The predicted octanol–water partition coefficient (Wildman–Crippen LogP) is 5.76. The summed E-state index contributed by atoms with van der Waals surface area (Å²) >= 11 is 14.9. The Morgan fingerprint density at radius 3 is 2.54 bits per heavy atom. The van der Waals surface area contributed by atoms with Crippen LogP contribution in [0.1, 0.15) is 5.69 Å². The molecule has 0 aliphatic rings. The zero-order valence-corrected chi connectivity index (χ0v) is 14.8. The van der Waals surface area contributed by atoms with Crippen molar-refractivity contribution in [1.29, 1.82) is 5.26 Å². The van der Waals surface area contributed by atoms with Gasteiger partial charge in [-0.25, -0.2) is 13.8 Å². The van der Waals surface area contributed by atoms with Crippen LogP contribution < -0.4 is 0 Å². The standard InChI is InChI=1S/C16H6BrCl2F2N3/c17-16-23-12(7-22)15(8-4-5-11(20)10(19)6-8)24(16)13-3-1-2-9(18)14(13)21/h1-6H. The number of imidazole rings is 1. The fourth-order valence-electron chi connectivity index (χ4n) is 2.27. The summed E-state index contributed by atoms with van der Waals surface area (Å²) in [5, 5.41) is 9.15. The maximum Gasteiger partial charge on any atom is 0.183 e. The summed E-state index contributed by atoms with van der Waals surface area (Å²) in [4.78, 5) is 4.08. The SMILES string of the molecule is N#Cc1nc(Br)n(-c2cccc(Cl)c2F)c1-c1ccc(F)c(Cl)c1. The van der Waals surface area contributed by atoms with Crippen molar-refractivity contribution in [3.8, 4) is 23.0 Å². The molecule has 0 saturated heterocycles. The van der Waals surface area contributed by atoms with Crippen LogP contribution in [0.3, 0.4) is 0 Å². The monoisotopic (exact) mass is 427 g/mol. The number of aromatic nitrogens is 2. The molecule has 3 aromatic rings. The van der Waals surface area contributed by atoms with Gasteiger partial charge in [-0.15, -0.1) is 0 Å². The topological polar surface area (TPSA) is 41.6 Å². The minimum absolute atomic E-state index is 0.0314. The third kappa shape index (κ3) is 2.80. The molecule has 8 heteroatoms. The Labute approximate surface area is 154 Å². The third-order valence-corrected chi connectivity index (χ3v) is 4.42. The first-order valence-electron chi connectivity index (χ1n) is 6.52.